The third-order valence-corrected chi connectivity index (χ3v) is 3.80. The number of carbonyl (C=O) groups is 1. The molecule has 0 saturated heterocycles. The van der Waals surface area contributed by atoms with Gasteiger partial charge in [0.2, 0.25) is 0 Å². The zero-order valence-corrected chi connectivity index (χ0v) is 12.3. The molecular formula is C14H24N4O2. The van der Waals surface area contributed by atoms with Crippen LogP contribution in [0.1, 0.15) is 32.6 Å². The first-order valence-electron chi connectivity index (χ1n) is 7.29. The van der Waals surface area contributed by atoms with Crippen LogP contribution in [0.15, 0.2) is 12.3 Å². The fraction of sp³-hybridized carbons (Fsp3) is 0.714. The minimum absolute atomic E-state index is 0.161. The number of nitrogens with one attached hydrogen (secondary N) is 2. The standard InChI is InChI=1S/C14H24N4O2/c1-11-5-3-6-12(11)15-14(19)16-13-7-9-18(17-13)8-4-10-20-2/h7,9,11-12H,3-6,8,10H2,1-2H3,(H2,15,16,17,19)/t11-,12-/m1/s1. The molecule has 2 atom stereocenters. The lowest BCUT2D eigenvalue weighted by Gasteiger charge is -2.17. The summed E-state index contributed by atoms with van der Waals surface area (Å²) in [7, 11) is 1.68. The average molecular weight is 280 g/mol. The first kappa shape index (κ1) is 14.8. The van der Waals surface area contributed by atoms with Gasteiger partial charge in [-0.05, 0) is 25.2 Å². The number of methoxy groups -OCH3 is 1. The Kier molecular flexibility index (Phi) is 5.40. The van der Waals surface area contributed by atoms with Crippen LogP contribution in [0.25, 0.3) is 0 Å². The summed E-state index contributed by atoms with van der Waals surface area (Å²) in [5.74, 6) is 1.15. The van der Waals surface area contributed by atoms with Gasteiger partial charge in [0.05, 0.1) is 0 Å². The van der Waals surface area contributed by atoms with Gasteiger partial charge in [-0.15, -0.1) is 0 Å². The van der Waals surface area contributed by atoms with Gasteiger partial charge in [0.1, 0.15) is 0 Å². The SMILES string of the molecule is COCCCn1ccc(NC(=O)N[C@@H]2CCC[C@H]2C)n1. The van der Waals surface area contributed by atoms with E-state index in [1.807, 2.05) is 16.9 Å². The van der Waals surface area contributed by atoms with E-state index in [1.54, 1.807) is 7.11 Å². The summed E-state index contributed by atoms with van der Waals surface area (Å²) < 4.78 is 6.81. The summed E-state index contributed by atoms with van der Waals surface area (Å²) in [6.45, 7) is 3.68. The first-order chi connectivity index (χ1) is 9.69. The van der Waals surface area contributed by atoms with E-state index >= 15 is 0 Å². The van der Waals surface area contributed by atoms with E-state index < -0.39 is 0 Å². The van der Waals surface area contributed by atoms with Crippen molar-refractivity contribution in [2.24, 2.45) is 5.92 Å². The maximum absolute atomic E-state index is 11.9. The third kappa shape index (κ3) is 4.23. The summed E-state index contributed by atoms with van der Waals surface area (Å²) in [5.41, 5.74) is 0. The fourth-order valence-corrected chi connectivity index (χ4v) is 2.60. The highest BCUT2D eigenvalue weighted by Gasteiger charge is 2.24. The summed E-state index contributed by atoms with van der Waals surface area (Å²) >= 11 is 0. The van der Waals surface area contributed by atoms with Crippen molar-refractivity contribution in [3.63, 3.8) is 0 Å². The van der Waals surface area contributed by atoms with E-state index in [4.69, 9.17) is 4.74 Å². The van der Waals surface area contributed by atoms with Crippen LogP contribution in [0.3, 0.4) is 0 Å². The number of anilines is 1. The Morgan fingerprint density at radius 3 is 3.10 bits per heavy atom. The Morgan fingerprint density at radius 2 is 2.40 bits per heavy atom. The molecule has 2 rings (SSSR count). The number of aromatic nitrogens is 2. The molecule has 1 fully saturated rings. The molecular weight excluding hydrogens is 256 g/mol. The molecule has 6 heteroatoms. The Labute approximate surface area is 119 Å². The Bertz CT molecular complexity index is 433. The molecule has 1 heterocycles. The van der Waals surface area contributed by atoms with Crippen LogP contribution in [0.5, 0.6) is 0 Å². The van der Waals surface area contributed by atoms with Gasteiger partial charge >= 0.3 is 6.03 Å². The minimum atomic E-state index is -0.161. The number of aryl methyl sites for hydroxylation is 1. The predicted molar refractivity (Wildman–Crippen MR) is 77.7 cm³/mol. The van der Waals surface area contributed by atoms with Crippen molar-refractivity contribution in [2.45, 2.75) is 45.2 Å². The maximum atomic E-state index is 11.9. The summed E-state index contributed by atoms with van der Waals surface area (Å²) in [4.78, 5) is 11.9. The molecule has 1 saturated carbocycles. The largest absolute Gasteiger partial charge is 0.385 e. The van der Waals surface area contributed by atoms with Gasteiger partial charge in [-0.1, -0.05) is 13.3 Å². The smallest absolute Gasteiger partial charge is 0.320 e. The molecule has 1 aliphatic carbocycles. The monoisotopic (exact) mass is 280 g/mol. The number of urea groups is 1. The van der Waals surface area contributed by atoms with Crippen LogP contribution in [0.4, 0.5) is 10.6 Å². The quantitative estimate of drug-likeness (QED) is 0.785. The minimum Gasteiger partial charge on any atom is -0.385 e. The second-order valence-corrected chi connectivity index (χ2v) is 5.42. The third-order valence-electron chi connectivity index (χ3n) is 3.80. The van der Waals surface area contributed by atoms with Gasteiger partial charge < -0.3 is 10.1 Å². The zero-order chi connectivity index (χ0) is 14.4. The summed E-state index contributed by atoms with van der Waals surface area (Å²) in [6.07, 6.45) is 6.23. The lowest BCUT2D eigenvalue weighted by molar-refractivity contribution is 0.189. The predicted octanol–water partition coefficient (Wildman–Crippen LogP) is 2.23. The molecule has 1 aliphatic rings. The molecule has 2 amide bonds. The molecule has 0 aliphatic heterocycles. The number of ether oxygens (including phenoxy) is 1. The van der Waals surface area contributed by atoms with Crippen molar-refractivity contribution in [1.29, 1.82) is 0 Å². The van der Waals surface area contributed by atoms with Crippen LogP contribution in [-0.4, -0.2) is 35.6 Å². The molecule has 0 unspecified atom stereocenters. The lowest BCUT2D eigenvalue weighted by Crippen LogP contribution is -2.39. The van der Waals surface area contributed by atoms with Crippen molar-refractivity contribution >= 4 is 11.8 Å². The molecule has 1 aromatic rings. The molecule has 1 aromatic heterocycles. The van der Waals surface area contributed by atoms with Crippen molar-refractivity contribution < 1.29 is 9.53 Å². The highest BCUT2D eigenvalue weighted by molar-refractivity contribution is 5.88. The Balaban J connectivity index is 1.76. The van der Waals surface area contributed by atoms with Crippen molar-refractivity contribution in [3.8, 4) is 0 Å². The van der Waals surface area contributed by atoms with Crippen LogP contribution in [0, 0.1) is 5.92 Å². The van der Waals surface area contributed by atoms with Crippen LogP contribution < -0.4 is 10.6 Å². The number of rotatable bonds is 6. The number of hydrogen-bond acceptors (Lipinski definition) is 3. The van der Waals surface area contributed by atoms with Gasteiger partial charge in [0.25, 0.3) is 0 Å². The van der Waals surface area contributed by atoms with E-state index in [0.29, 0.717) is 24.4 Å². The topological polar surface area (TPSA) is 68.2 Å². The Hall–Kier alpha value is -1.56. The maximum Gasteiger partial charge on any atom is 0.320 e. The lowest BCUT2D eigenvalue weighted by atomic mass is 10.1. The second-order valence-electron chi connectivity index (χ2n) is 5.42. The van der Waals surface area contributed by atoms with Crippen LogP contribution >= 0.6 is 0 Å². The van der Waals surface area contributed by atoms with E-state index in [9.17, 15) is 4.79 Å². The van der Waals surface area contributed by atoms with Gasteiger partial charge in [0.15, 0.2) is 5.82 Å². The van der Waals surface area contributed by atoms with E-state index in [2.05, 4.69) is 22.7 Å². The van der Waals surface area contributed by atoms with E-state index in [0.717, 1.165) is 19.4 Å². The molecule has 0 bridgehead atoms. The van der Waals surface area contributed by atoms with E-state index in [1.165, 1.54) is 12.8 Å². The number of amides is 2. The van der Waals surface area contributed by atoms with Crippen molar-refractivity contribution in [3.05, 3.63) is 12.3 Å². The van der Waals surface area contributed by atoms with Crippen LogP contribution in [-0.2, 0) is 11.3 Å². The second kappa shape index (κ2) is 7.28. The first-order valence-corrected chi connectivity index (χ1v) is 7.29. The van der Waals surface area contributed by atoms with Crippen molar-refractivity contribution in [2.75, 3.05) is 19.0 Å². The molecule has 0 spiro atoms. The highest BCUT2D eigenvalue weighted by Crippen LogP contribution is 2.24. The number of hydrogen-bond donors (Lipinski definition) is 2. The fourth-order valence-electron chi connectivity index (χ4n) is 2.60. The van der Waals surface area contributed by atoms with Gasteiger partial charge in [-0.3, -0.25) is 10.00 Å². The number of nitrogens with zero attached hydrogens (tertiary/aromatic N) is 2. The molecule has 2 N–H and O–H groups in total. The van der Waals surface area contributed by atoms with Gasteiger partial charge in [-0.2, -0.15) is 5.10 Å². The van der Waals surface area contributed by atoms with Gasteiger partial charge in [-0.25, -0.2) is 4.79 Å². The normalized spacial score (nSPS) is 21.9. The van der Waals surface area contributed by atoms with Gasteiger partial charge in [0, 0.05) is 38.6 Å². The number of carbonyl (C=O) groups excluding carboxylic acids is 1. The van der Waals surface area contributed by atoms with Crippen LogP contribution in [0.2, 0.25) is 0 Å². The molecule has 112 valence electrons. The van der Waals surface area contributed by atoms with E-state index in [-0.39, 0.29) is 6.03 Å². The van der Waals surface area contributed by atoms with Crippen molar-refractivity contribution in [1.82, 2.24) is 15.1 Å². The molecule has 0 aromatic carbocycles. The zero-order valence-electron chi connectivity index (χ0n) is 12.3. The summed E-state index contributed by atoms with van der Waals surface area (Å²) in [6, 6.07) is 1.94. The highest BCUT2D eigenvalue weighted by atomic mass is 16.5. The Morgan fingerprint density at radius 1 is 1.55 bits per heavy atom. The summed E-state index contributed by atoms with van der Waals surface area (Å²) in [5, 5.41) is 10.1. The molecule has 20 heavy (non-hydrogen) atoms. The molecule has 6 nitrogen and oxygen atoms in total. The average Bonchev–Trinajstić information content (AvgIpc) is 3.00. The molecule has 0 radical (unpaired) electrons.